The standard InChI is InChI=1S/C14H22N2O2/c1-11(10-14(17)16-9-5-8-15)12-6-3-4-7-13(12)18-2/h3-4,6-7,11H,5,8-10,15H2,1-2H3,(H,16,17). The van der Waals surface area contributed by atoms with Crippen molar-refractivity contribution in [1.82, 2.24) is 5.32 Å². The van der Waals surface area contributed by atoms with Crippen LogP contribution in [0.2, 0.25) is 0 Å². The minimum Gasteiger partial charge on any atom is -0.496 e. The summed E-state index contributed by atoms with van der Waals surface area (Å²) >= 11 is 0. The van der Waals surface area contributed by atoms with Gasteiger partial charge < -0.3 is 15.8 Å². The second-order valence-electron chi connectivity index (χ2n) is 4.34. The van der Waals surface area contributed by atoms with E-state index >= 15 is 0 Å². The lowest BCUT2D eigenvalue weighted by Gasteiger charge is -2.15. The quantitative estimate of drug-likeness (QED) is 0.723. The van der Waals surface area contributed by atoms with E-state index in [-0.39, 0.29) is 11.8 Å². The van der Waals surface area contributed by atoms with Crippen LogP contribution >= 0.6 is 0 Å². The highest BCUT2D eigenvalue weighted by atomic mass is 16.5. The van der Waals surface area contributed by atoms with Gasteiger partial charge in [0.05, 0.1) is 7.11 Å². The number of para-hydroxylation sites is 1. The molecule has 1 rings (SSSR count). The highest BCUT2D eigenvalue weighted by Gasteiger charge is 2.14. The molecule has 0 aliphatic carbocycles. The summed E-state index contributed by atoms with van der Waals surface area (Å²) < 4.78 is 5.30. The zero-order chi connectivity index (χ0) is 13.4. The number of amides is 1. The summed E-state index contributed by atoms with van der Waals surface area (Å²) in [5, 5.41) is 2.86. The monoisotopic (exact) mass is 250 g/mol. The highest BCUT2D eigenvalue weighted by molar-refractivity contribution is 5.76. The number of ether oxygens (including phenoxy) is 1. The van der Waals surface area contributed by atoms with Gasteiger partial charge in [-0.05, 0) is 30.5 Å². The number of nitrogens with two attached hydrogens (primary N) is 1. The Labute approximate surface area is 109 Å². The zero-order valence-electron chi connectivity index (χ0n) is 11.1. The number of nitrogens with one attached hydrogen (secondary N) is 1. The largest absolute Gasteiger partial charge is 0.496 e. The Hall–Kier alpha value is -1.55. The van der Waals surface area contributed by atoms with Crippen LogP contribution in [0.15, 0.2) is 24.3 Å². The van der Waals surface area contributed by atoms with E-state index in [2.05, 4.69) is 5.32 Å². The molecule has 4 heteroatoms. The van der Waals surface area contributed by atoms with E-state index in [4.69, 9.17) is 10.5 Å². The molecule has 0 saturated heterocycles. The molecule has 0 fully saturated rings. The minimum atomic E-state index is 0.0573. The van der Waals surface area contributed by atoms with Gasteiger partial charge in [-0.25, -0.2) is 0 Å². The molecular formula is C14H22N2O2. The molecule has 1 unspecified atom stereocenters. The smallest absolute Gasteiger partial charge is 0.220 e. The Bertz CT molecular complexity index is 380. The summed E-state index contributed by atoms with van der Waals surface area (Å²) in [6.07, 6.45) is 1.28. The maximum atomic E-state index is 11.7. The molecule has 4 nitrogen and oxygen atoms in total. The first kappa shape index (κ1) is 14.5. The lowest BCUT2D eigenvalue weighted by atomic mass is 9.96. The summed E-state index contributed by atoms with van der Waals surface area (Å²) in [5.74, 6) is 1.03. The molecule has 100 valence electrons. The number of hydrogen-bond donors (Lipinski definition) is 2. The van der Waals surface area contributed by atoms with E-state index < -0.39 is 0 Å². The molecule has 1 aromatic rings. The van der Waals surface area contributed by atoms with Gasteiger partial charge in [0.15, 0.2) is 0 Å². The lowest BCUT2D eigenvalue weighted by Crippen LogP contribution is -2.26. The van der Waals surface area contributed by atoms with Crippen molar-refractivity contribution in [3.63, 3.8) is 0 Å². The Morgan fingerprint density at radius 1 is 1.44 bits per heavy atom. The van der Waals surface area contributed by atoms with Gasteiger partial charge in [0.1, 0.15) is 5.75 Å². The maximum absolute atomic E-state index is 11.7. The fourth-order valence-electron chi connectivity index (χ4n) is 1.86. The van der Waals surface area contributed by atoms with Crippen molar-refractivity contribution in [3.05, 3.63) is 29.8 Å². The van der Waals surface area contributed by atoms with Crippen LogP contribution in [-0.4, -0.2) is 26.1 Å². The molecule has 0 spiro atoms. The Kier molecular flexibility index (Phi) is 6.22. The number of benzene rings is 1. The summed E-state index contributed by atoms with van der Waals surface area (Å²) in [6, 6.07) is 7.80. The first-order valence-corrected chi connectivity index (χ1v) is 6.28. The molecular weight excluding hydrogens is 228 g/mol. The predicted octanol–water partition coefficient (Wildman–Crippen LogP) is 1.65. The van der Waals surface area contributed by atoms with Crippen molar-refractivity contribution < 1.29 is 9.53 Å². The molecule has 0 aliphatic rings. The van der Waals surface area contributed by atoms with Gasteiger partial charge in [-0.1, -0.05) is 25.1 Å². The highest BCUT2D eigenvalue weighted by Crippen LogP contribution is 2.28. The van der Waals surface area contributed by atoms with Gasteiger partial charge in [0.2, 0.25) is 5.91 Å². The van der Waals surface area contributed by atoms with E-state index in [1.54, 1.807) is 7.11 Å². The van der Waals surface area contributed by atoms with E-state index in [1.807, 2.05) is 31.2 Å². The van der Waals surface area contributed by atoms with E-state index in [0.717, 1.165) is 17.7 Å². The van der Waals surface area contributed by atoms with Crippen LogP contribution in [0.3, 0.4) is 0 Å². The molecule has 0 heterocycles. The van der Waals surface area contributed by atoms with Gasteiger partial charge in [0.25, 0.3) is 0 Å². The Morgan fingerprint density at radius 2 is 2.17 bits per heavy atom. The van der Waals surface area contributed by atoms with Crippen molar-refractivity contribution in [2.45, 2.75) is 25.7 Å². The lowest BCUT2D eigenvalue weighted by molar-refractivity contribution is -0.121. The van der Waals surface area contributed by atoms with Gasteiger partial charge in [-0.3, -0.25) is 4.79 Å². The summed E-state index contributed by atoms with van der Waals surface area (Å²) in [4.78, 5) is 11.7. The molecule has 1 amide bonds. The van der Waals surface area contributed by atoms with Crippen LogP contribution in [0.25, 0.3) is 0 Å². The van der Waals surface area contributed by atoms with E-state index in [1.165, 1.54) is 0 Å². The third-order valence-corrected chi connectivity index (χ3v) is 2.86. The topological polar surface area (TPSA) is 64.3 Å². The molecule has 0 radical (unpaired) electrons. The Morgan fingerprint density at radius 3 is 2.83 bits per heavy atom. The SMILES string of the molecule is COc1ccccc1C(C)CC(=O)NCCCN. The number of carbonyl (C=O) groups excluding carboxylic acids is 1. The number of methoxy groups -OCH3 is 1. The average molecular weight is 250 g/mol. The first-order chi connectivity index (χ1) is 8.69. The fourth-order valence-corrected chi connectivity index (χ4v) is 1.86. The average Bonchev–Trinajstić information content (AvgIpc) is 2.39. The maximum Gasteiger partial charge on any atom is 0.220 e. The molecule has 3 N–H and O–H groups in total. The molecule has 0 bridgehead atoms. The molecule has 18 heavy (non-hydrogen) atoms. The zero-order valence-corrected chi connectivity index (χ0v) is 11.1. The number of carbonyl (C=O) groups is 1. The van der Waals surface area contributed by atoms with Crippen LogP contribution in [0, 0.1) is 0 Å². The second kappa shape index (κ2) is 7.71. The molecule has 1 aromatic carbocycles. The third kappa shape index (κ3) is 4.37. The summed E-state index contributed by atoms with van der Waals surface area (Å²) in [5.41, 5.74) is 6.44. The van der Waals surface area contributed by atoms with Crippen LogP contribution < -0.4 is 15.8 Å². The van der Waals surface area contributed by atoms with E-state index in [9.17, 15) is 4.79 Å². The van der Waals surface area contributed by atoms with E-state index in [0.29, 0.717) is 19.5 Å². The van der Waals surface area contributed by atoms with Gasteiger partial charge >= 0.3 is 0 Å². The van der Waals surface area contributed by atoms with Crippen LogP contribution in [0.5, 0.6) is 5.75 Å². The van der Waals surface area contributed by atoms with Crippen molar-refractivity contribution in [1.29, 1.82) is 0 Å². The minimum absolute atomic E-state index is 0.0573. The van der Waals surface area contributed by atoms with Crippen LogP contribution in [0.1, 0.15) is 31.2 Å². The van der Waals surface area contributed by atoms with Gasteiger partial charge in [0, 0.05) is 13.0 Å². The third-order valence-electron chi connectivity index (χ3n) is 2.86. The first-order valence-electron chi connectivity index (χ1n) is 6.28. The van der Waals surface area contributed by atoms with Crippen molar-refractivity contribution in [3.8, 4) is 5.75 Å². The second-order valence-corrected chi connectivity index (χ2v) is 4.34. The predicted molar refractivity (Wildman–Crippen MR) is 72.7 cm³/mol. The normalized spacial score (nSPS) is 11.9. The molecule has 0 saturated carbocycles. The summed E-state index contributed by atoms with van der Waals surface area (Å²) in [7, 11) is 1.65. The molecule has 1 atom stereocenters. The van der Waals surface area contributed by atoms with Crippen molar-refractivity contribution >= 4 is 5.91 Å². The Balaban J connectivity index is 2.53. The van der Waals surface area contributed by atoms with Gasteiger partial charge in [-0.2, -0.15) is 0 Å². The number of rotatable bonds is 7. The van der Waals surface area contributed by atoms with Crippen LogP contribution in [-0.2, 0) is 4.79 Å². The van der Waals surface area contributed by atoms with Crippen molar-refractivity contribution in [2.24, 2.45) is 5.73 Å². The van der Waals surface area contributed by atoms with Gasteiger partial charge in [-0.15, -0.1) is 0 Å². The summed E-state index contributed by atoms with van der Waals surface area (Å²) in [6.45, 7) is 3.27. The fraction of sp³-hybridized carbons (Fsp3) is 0.500. The van der Waals surface area contributed by atoms with Crippen molar-refractivity contribution in [2.75, 3.05) is 20.2 Å². The molecule has 0 aromatic heterocycles. The molecule has 0 aliphatic heterocycles. The number of hydrogen-bond acceptors (Lipinski definition) is 3. The van der Waals surface area contributed by atoms with Crippen LogP contribution in [0.4, 0.5) is 0 Å².